The zero-order chi connectivity index (χ0) is 20.8. The van der Waals surface area contributed by atoms with Crippen molar-refractivity contribution < 1.29 is 18.3 Å². The Hall–Kier alpha value is -2.98. The number of hydrogen-bond donors (Lipinski definition) is 2. The molecule has 7 heteroatoms. The Labute approximate surface area is 168 Å². The number of rotatable bonds is 6. The molecule has 1 aliphatic rings. The van der Waals surface area contributed by atoms with Crippen LogP contribution in [0.3, 0.4) is 0 Å². The molecule has 1 amide bonds. The zero-order valence-corrected chi connectivity index (χ0v) is 16.2. The van der Waals surface area contributed by atoms with Crippen LogP contribution in [0.25, 0.3) is 11.1 Å². The average molecular weight is 399 g/mol. The molecule has 2 aromatic carbocycles. The summed E-state index contributed by atoms with van der Waals surface area (Å²) < 4.78 is 32.6. The minimum absolute atomic E-state index is 0.0266. The maximum atomic E-state index is 13.9. The van der Waals surface area contributed by atoms with Crippen LogP contribution < -0.4 is 15.4 Å². The molecule has 0 aliphatic carbocycles. The Bertz CT molecular complexity index is 904. The smallest absolute Gasteiger partial charge is 0.238 e. The molecular weight excluding hydrogens is 376 g/mol. The highest BCUT2D eigenvalue weighted by molar-refractivity contribution is 5.82. The molecule has 1 unspecified atom stereocenters. The molecule has 0 bridgehead atoms. The first kappa shape index (κ1) is 20.7. The lowest BCUT2D eigenvalue weighted by atomic mass is 9.99. The van der Waals surface area contributed by atoms with Crippen molar-refractivity contribution in [1.82, 2.24) is 10.6 Å². The second-order valence-electron chi connectivity index (χ2n) is 7.06. The Kier molecular flexibility index (Phi) is 6.78. The topological polar surface area (TPSA) is 74.1 Å². The molecule has 2 atom stereocenters. The molecule has 3 rings (SSSR count). The van der Waals surface area contributed by atoms with Crippen LogP contribution in [0.2, 0.25) is 0 Å². The van der Waals surface area contributed by atoms with E-state index < -0.39 is 17.7 Å². The summed E-state index contributed by atoms with van der Waals surface area (Å²) >= 11 is 0. The van der Waals surface area contributed by atoms with Crippen molar-refractivity contribution in [2.75, 3.05) is 13.7 Å². The minimum Gasteiger partial charge on any atom is -0.493 e. The number of amides is 1. The molecule has 2 aromatic rings. The van der Waals surface area contributed by atoms with Crippen molar-refractivity contribution in [2.45, 2.75) is 37.8 Å². The summed E-state index contributed by atoms with van der Waals surface area (Å²) in [4.78, 5) is 12.3. The van der Waals surface area contributed by atoms with E-state index in [2.05, 4.69) is 16.7 Å². The molecule has 2 N–H and O–H groups in total. The van der Waals surface area contributed by atoms with Gasteiger partial charge in [0.2, 0.25) is 5.91 Å². The largest absolute Gasteiger partial charge is 0.493 e. The average Bonchev–Trinajstić information content (AvgIpc) is 2.74. The van der Waals surface area contributed by atoms with Crippen molar-refractivity contribution in [3.05, 3.63) is 53.6 Å². The van der Waals surface area contributed by atoms with Crippen LogP contribution in [0.4, 0.5) is 8.78 Å². The summed E-state index contributed by atoms with van der Waals surface area (Å²) in [6.45, 7) is 0.806. The number of carbonyl (C=O) groups is 1. The van der Waals surface area contributed by atoms with Crippen molar-refractivity contribution in [1.29, 1.82) is 5.26 Å². The van der Waals surface area contributed by atoms with Gasteiger partial charge in [0.05, 0.1) is 19.2 Å². The number of nitriles is 1. The van der Waals surface area contributed by atoms with E-state index in [1.165, 1.54) is 13.2 Å². The number of nitrogens with zero attached hydrogens (tertiary/aromatic N) is 1. The van der Waals surface area contributed by atoms with Crippen molar-refractivity contribution in [2.24, 2.45) is 0 Å². The third kappa shape index (κ3) is 5.09. The van der Waals surface area contributed by atoms with Crippen LogP contribution in [0.5, 0.6) is 5.75 Å². The van der Waals surface area contributed by atoms with Crippen LogP contribution >= 0.6 is 0 Å². The molecule has 0 aromatic heterocycles. The standard InChI is InChI=1S/C22H23F2N3O2/c1-29-21-18(11-16(23)12-19(21)24)15-7-5-14(6-8-15)10-17(13-25)27-22(28)20-4-2-3-9-26-20/h5-8,11-12,17,20,26H,2-4,9-10H2,1H3,(H,27,28)/t17-,20?/m0/s1. The molecule has 1 heterocycles. The van der Waals surface area contributed by atoms with E-state index in [0.29, 0.717) is 17.5 Å². The quantitative estimate of drug-likeness (QED) is 0.781. The second kappa shape index (κ2) is 9.48. The Balaban J connectivity index is 1.70. The maximum Gasteiger partial charge on any atom is 0.238 e. The first-order chi connectivity index (χ1) is 14.0. The molecule has 1 fully saturated rings. The van der Waals surface area contributed by atoms with Gasteiger partial charge in [0, 0.05) is 18.1 Å². The van der Waals surface area contributed by atoms with Crippen LogP contribution in [-0.2, 0) is 11.2 Å². The number of methoxy groups -OCH3 is 1. The van der Waals surface area contributed by atoms with Gasteiger partial charge in [-0.05, 0) is 36.6 Å². The lowest BCUT2D eigenvalue weighted by molar-refractivity contribution is -0.124. The van der Waals surface area contributed by atoms with Gasteiger partial charge in [-0.2, -0.15) is 5.26 Å². The fourth-order valence-corrected chi connectivity index (χ4v) is 3.52. The first-order valence-electron chi connectivity index (χ1n) is 9.57. The summed E-state index contributed by atoms with van der Waals surface area (Å²) in [6.07, 6.45) is 3.15. The first-order valence-corrected chi connectivity index (χ1v) is 9.57. The van der Waals surface area contributed by atoms with Crippen molar-refractivity contribution >= 4 is 5.91 Å². The highest BCUT2D eigenvalue weighted by Crippen LogP contribution is 2.33. The minimum atomic E-state index is -0.768. The predicted molar refractivity (Wildman–Crippen MR) is 105 cm³/mol. The summed E-state index contributed by atoms with van der Waals surface area (Å²) in [6, 6.07) is 10.2. The molecule has 29 heavy (non-hydrogen) atoms. The van der Waals surface area contributed by atoms with Gasteiger partial charge in [-0.1, -0.05) is 30.7 Å². The van der Waals surface area contributed by atoms with Gasteiger partial charge in [0.25, 0.3) is 0 Å². The number of ether oxygens (including phenoxy) is 1. The van der Waals surface area contributed by atoms with Gasteiger partial charge in [0.15, 0.2) is 11.6 Å². The number of benzene rings is 2. The van der Waals surface area contributed by atoms with Crippen LogP contribution in [0.15, 0.2) is 36.4 Å². The van der Waals surface area contributed by atoms with Gasteiger partial charge >= 0.3 is 0 Å². The van der Waals surface area contributed by atoms with E-state index in [4.69, 9.17) is 4.74 Å². The van der Waals surface area contributed by atoms with E-state index in [-0.39, 0.29) is 17.7 Å². The number of piperidine rings is 1. The summed E-state index contributed by atoms with van der Waals surface area (Å²) in [5.41, 5.74) is 1.73. The highest BCUT2D eigenvalue weighted by atomic mass is 19.1. The molecule has 5 nitrogen and oxygen atoms in total. The predicted octanol–water partition coefficient (Wildman–Crippen LogP) is 3.33. The Morgan fingerprint density at radius 2 is 2.07 bits per heavy atom. The van der Waals surface area contributed by atoms with E-state index in [9.17, 15) is 18.8 Å². The van der Waals surface area contributed by atoms with Crippen molar-refractivity contribution in [3.63, 3.8) is 0 Å². The number of nitrogens with one attached hydrogen (secondary N) is 2. The molecule has 1 aliphatic heterocycles. The fourth-order valence-electron chi connectivity index (χ4n) is 3.52. The molecule has 0 radical (unpaired) electrons. The lowest BCUT2D eigenvalue weighted by Gasteiger charge is -2.23. The normalized spacial score (nSPS) is 17.2. The SMILES string of the molecule is COc1c(F)cc(F)cc1-c1ccc(C[C@@H](C#N)NC(=O)C2CCCCN2)cc1. The molecule has 1 saturated heterocycles. The number of carbonyl (C=O) groups excluding carboxylic acids is 1. The van der Waals surface area contributed by atoms with Gasteiger partial charge in [0.1, 0.15) is 11.9 Å². The maximum absolute atomic E-state index is 13.9. The monoisotopic (exact) mass is 399 g/mol. The van der Waals surface area contributed by atoms with Crippen LogP contribution in [0.1, 0.15) is 24.8 Å². The van der Waals surface area contributed by atoms with Crippen molar-refractivity contribution in [3.8, 4) is 22.9 Å². The molecular formula is C22H23F2N3O2. The highest BCUT2D eigenvalue weighted by Gasteiger charge is 2.23. The summed E-state index contributed by atoms with van der Waals surface area (Å²) in [7, 11) is 1.33. The van der Waals surface area contributed by atoms with Gasteiger partial charge in [-0.25, -0.2) is 8.78 Å². The molecule has 152 valence electrons. The van der Waals surface area contributed by atoms with Gasteiger partial charge < -0.3 is 15.4 Å². The zero-order valence-electron chi connectivity index (χ0n) is 16.2. The van der Waals surface area contributed by atoms with Gasteiger partial charge in [-0.15, -0.1) is 0 Å². The van der Waals surface area contributed by atoms with E-state index in [0.717, 1.165) is 37.4 Å². The Morgan fingerprint density at radius 3 is 2.69 bits per heavy atom. The van der Waals surface area contributed by atoms with Crippen LogP contribution in [-0.4, -0.2) is 31.6 Å². The van der Waals surface area contributed by atoms with E-state index >= 15 is 0 Å². The van der Waals surface area contributed by atoms with E-state index in [1.807, 2.05) is 0 Å². The van der Waals surface area contributed by atoms with Crippen LogP contribution in [0, 0.1) is 23.0 Å². The van der Waals surface area contributed by atoms with Gasteiger partial charge in [-0.3, -0.25) is 4.79 Å². The second-order valence-corrected chi connectivity index (χ2v) is 7.06. The Morgan fingerprint density at radius 1 is 1.31 bits per heavy atom. The fraction of sp³-hybridized carbons (Fsp3) is 0.364. The number of halogens is 2. The third-order valence-electron chi connectivity index (χ3n) is 5.02. The third-order valence-corrected chi connectivity index (χ3v) is 5.02. The number of hydrogen-bond acceptors (Lipinski definition) is 4. The van der Waals surface area contributed by atoms with E-state index in [1.54, 1.807) is 24.3 Å². The lowest BCUT2D eigenvalue weighted by Crippen LogP contribution is -2.49. The summed E-state index contributed by atoms with van der Waals surface area (Å²) in [5, 5.41) is 15.4. The molecule has 0 saturated carbocycles. The molecule has 0 spiro atoms. The summed E-state index contributed by atoms with van der Waals surface area (Å²) in [5.74, 6) is -1.64.